The molecule has 8 nitrogen and oxygen atoms in total. The lowest BCUT2D eigenvalue weighted by Gasteiger charge is -2.29. The topological polar surface area (TPSA) is 93.7 Å². The zero-order valence-electron chi connectivity index (χ0n) is 19.6. The van der Waals surface area contributed by atoms with Crippen molar-refractivity contribution in [2.75, 3.05) is 18.1 Å². The molecule has 0 atom stereocenters. The van der Waals surface area contributed by atoms with Crippen LogP contribution in [-0.4, -0.2) is 40.5 Å². The van der Waals surface area contributed by atoms with Crippen molar-refractivity contribution in [1.82, 2.24) is 15.3 Å². The molecule has 0 bridgehead atoms. The van der Waals surface area contributed by atoms with Gasteiger partial charge in [0.05, 0.1) is 23.6 Å². The van der Waals surface area contributed by atoms with Crippen LogP contribution in [0, 0.1) is 0 Å². The molecule has 176 valence electrons. The second-order valence-electron chi connectivity index (χ2n) is 9.08. The molecular formula is C25H26N4O4S. The van der Waals surface area contributed by atoms with E-state index in [0.717, 1.165) is 33.4 Å². The molecule has 0 saturated carbocycles. The number of esters is 1. The summed E-state index contributed by atoms with van der Waals surface area (Å²) in [4.78, 5) is 36.4. The summed E-state index contributed by atoms with van der Waals surface area (Å²) in [5, 5.41) is 3.82. The number of carbonyl (C=O) groups is 2. The molecule has 0 aliphatic carbocycles. The molecular weight excluding hydrogens is 452 g/mol. The molecule has 1 N–H and O–H groups in total. The number of benzene rings is 1. The van der Waals surface area contributed by atoms with Gasteiger partial charge in [-0.1, -0.05) is 24.3 Å². The van der Waals surface area contributed by atoms with Crippen LogP contribution in [0.15, 0.2) is 30.3 Å². The number of nitrogens with zero attached hydrogens (tertiary/aromatic N) is 3. The second kappa shape index (κ2) is 8.39. The second-order valence-corrected chi connectivity index (χ2v) is 10.1. The summed E-state index contributed by atoms with van der Waals surface area (Å²) in [5.74, 6) is 0.609. The van der Waals surface area contributed by atoms with E-state index in [2.05, 4.69) is 15.2 Å². The summed E-state index contributed by atoms with van der Waals surface area (Å²) < 4.78 is 11.2. The maximum absolute atomic E-state index is 12.6. The van der Waals surface area contributed by atoms with Crippen molar-refractivity contribution < 1.29 is 19.1 Å². The standard InChI is InChI=1S/C25H26N4O4S/c1-5-15-6-8-17(26-23(15)33-14(2)30)16-7-9-20-19(12-16)29(10-11-32-20)24-27-18-13-25(3,4)28-22(31)21(18)34-24/h6-9,12H,5,10-11,13H2,1-4H3,(H,28,31). The lowest BCUT2D eigenvalue weighted by molar-refractivity contribution is -0.132. The number of ether oxygens (including phenoxy) is 2. The molecule has 34 heavy (non-hydrogen) atoms. The molecule has 0 spiro atoms. The van der Waals surface area contributed by atoms with Crippen LogP contribution in [0.4, 0.5) is 10.8 Å². The first kappa shape index (κ1) is 22.3. The summed E-state index contributed by atoms with van der Waals surface area (Å²) >= 11 is 1.40. The maximum atomic E-state index is 12.6. The number of rotatable bonds is 4. The third-order valence-electron chi connectivity index (χ3n) is 5.86. The van der Waals surface area contributed by atoms with Gasteiger partial charge in [0.2, 0.25) is 5.88 Å². The number of thiazole rings is 1. The number of fused-ring (bicyclic) bond motifs is 2. The van der Waals surface area contributed by atoms with E-state index in [0.29, 0.717) is 42.4 Å². The molecule has 5 rings (SSSR count). The number of carbonyl (C=O) groups excluding carboxylic acids is 2. The zero-order chi connectivity index (χ0) is 24.0. The Bertz CT molecular complexity index is 1300. The summed E-state index contributed by atoms with van der Waals surface area (Å²) in [5.41, 5.74) is 3.82. The fourth-order valence-corrected chi connectivity index (χ4v) is 5.30. The fraction of sp³-hybridized carbons (Fsp3) is 0.360. The highest BCUT2D eigenvalue weighted by Gasteiger charge is 2.34. The van der Waals surface area contributed by atoms with Crippen molar-refractivity contribution in [3.05, 3.63) is 46.5 Å². The fourth-order valence-electron chi connectivity index (χ4n) is 4.28. The normalized spacial score (nSPS) is 16.2. The van der Waals surface area contributed by atoms with Gasteiger partial charge in [-0.25, -0.2) is 9.97 Å². The molecule has 0 saturated heterocycles. The van der Waals surface area contributed by atoms with Crippen LogP contribution in [0.2, 0.25) is 0 Å². The average molecular weight is 479 g/mol. The number of hydrogen-bond donors (Lipinski definition) is 1. The smallest absolute Gasteiger partial charge is 0.309 e. The van der Waals surface area contributed by atoms with Crippen LogP contribution in [0.1, 0.15) is 48.6 Å². The summed E-state index contributed by atoms with van der Waals surface area (Å²) in [6.07, 6.45) is 1.40. The van der Waals surface area contributed by atoms with Gasteiger partial charge in [0.25, 0.3) is 5.91 Å². The minimum absolute atomic E-state index is 0.0737. The zero-order valence-corrected chi connectivity index (χ0v) is 20.4. The van der Waals surface area contributed by atoms with Gasteiger partial charge in [0.15, 0.2) is 5.13 Å². The first-order chi connectivity index (χ1) is 16.2. The van der Waals surface area contributed by atoms with E-state index >= 15 is 0 Å². The molecule has 2 aromatic heterocycles. The van der Waals surface area contributed by atoms with Crippen LogP contribution in [0.25, 0.3) is 11.3 Å². The third-order valence-corrected chi connectivity index (χ3v) is 6.98. The van der Waals surface area contributed by atoms with Crippen molar-refractivity contribution >= 4 is 34.0 Å². The molecule has 0 radical (unpaired) electrons. The summed E-state index contributed by atoms with van der Waals surface area (Å²) in [6, 6.07) is 9.72. The lowest BCUT2D eigenvalue weighted by atomic mass is 9.94. The van der Waals surface area contributed by atoms with E-state index in [1.165, 1.54) is 18.3 Å². The minimum atomic E-state index is -0.399. The van der Waals surface area contributed by atoms with Crippen LogP contribution in [0.3, 0.4) is 0 Å². The Hall–Kier alpha value is -3.46. The van der Waals surface area contributed by atoms with Gasteiger partial charge in [0, 0.05) is 30.0 Å². The molecule has 1 amide bonds. The number of anilines is 2. The lowest BCUT2D eigenvalue weighted by Crippen LogP contribution is -2.48. The maximum Gasteiger partial charge on any atom is 0.309 e. The Morgan fingerprint density at radius 3 is 2.85 bits per heavy atom. The van der Waals surface area contributed by atoms with Gasteiger partial charge in [-0.05, 0) is 44.5 Å². The molecule has 1 aromatic carbocycles. The third kappa shape index (κ3) is 4.11. The van der Waals surface area contributed by atoms with Crippen molar-refractivity contribution in [1.29, 1.82) is 0 Å². The minimum Gasteiger partial charge on any atom is -0.490 e. The van der Waals surface area contributed by atoms with Gasteiger partial charge in [0.1, 0.15) is 17.2 Å². The van der Waals surface area contributed by atoms with Gasteiger partial charge in [-0.15, -0.1) is 0 Å². The predicted molar refractivity (Wildman–Crippen MR) is 130 cm³/mol. The SMILES string of the molecule is CCc1ccc(-c2ccc3c(c2)N(c2nc4c(s2)C(=O)NC(C)(C)C4)CCO3)nc1OC(C)=O. The average Bonchev–Trinajstić information content (AvgIpc) is 3.21. The number of aryl methyl sites for hydroxylation is 1. The van der Waals surface area contributed by atoms with Crippen molar-refractivity contribution in [3.63, 3.8) is 0 Å². The summed E-state index contributed by atoms with van der Waals surface area (Å²) in [7, 11) is 0. The monoisotopic (exact) mass is 478 g/mol. The Kier molecular flexibility index (Phi) is 5.51. The molecule has 0 unspecified atom stereocenters. The van der Waals surface area contributed by atoms with E-state index < -0.39 is 5.97 Å². The Morgan fingerprint density at radius 1 is 1.26 bits per heavy atom. The number of hydrogen-bond acceptors (Lipinski definition) is 8. The van der Waals surface area contributed by atoms with Crippen LogP contribution < -0.4 is 19.7 Å². The van der Waals surface area contributed by atoms with E-state index in [1.807, 2.05) is 51.1 Å². The number of nitrogens with one attached hydrogen (secondary N) is 1. The van der Waals surface area contributed by atoms with E-state index in [4.69, 9.17) is 14.5 Å². The van der Waals surface area contributed by atoms with E-state index in [9.17, 15) is 9.59 Å². The van der Waals surface area contributed by atoms with Crippen LogP contribution in [0.5, 0.6) is 11.6 Å². The highest BCUT2D eigenvalue weighted by atomic mass is 32.1. The Balaban J connectivity index is 1.53. The van der Waals surface area contributed by atoms with Gasteiger partial charge >= 0.3 is 5.97 Å². The number of aromatic nitrogens is 2. The molecule has 9 heteroatoms. The molecule has 2 aliphatic heterocycles. The predicted octanol–water partition coefficient (Wildman–Crippen LogP) is 4.29. The van der Waals surface area contributed by atoms with Gasteiger partial charge < -0.3 is 19.7 Å². The first-order valence-electron chi connectivity index (χ1n) is 11.3. The van der Waals surface area contributed by atoms with Crippen molar-refractivity contribution in [2.45, 2.75) is 46.1 Å². The van der Waals surface area contributed by atoms with Crippen molar-refractivity contribution in [3.8, 4) is 22.9 Å². The number of pyridine rings is 1. The molecule has 4 heterocycles. The highest BCUT2D eigenvalue weighted by Crippen LogP contribution is 2.42. The van der Waals surface area contributed by atoms with E-state index in [1.54, 1.807) is 0 Å². The Morgan fingerprint density at radius 2 is 2.09 bits per heavy atom. The van der Waals surface area contributed by atoms with Crippen molar-refractivity contribution in [2.24, 2.45) is 0 Å². The largest absolute Gasteiger partial charge is 0.490 e. The first-order valence-corrected chi connectivity index (χ1v) is 12.1. The molecule has 0 fully saturated rings. The van der Waals surface area contributed by atoms with E-state index in [-0.39, 0.29) is 11.4 Å². The highest BCUT2D eigenvalue weighted by molar-refractivity contribution is 7.17. The van der Waals surface area contributed by atoms with Crippen LogP contribution in [-0.2, 0) is 17.6 Å². The Labute approximate surface area is 201 Å². The molecule has 3 aromatic rings. The summed E-state index contributed by atoms with van der Waals surface area (Å²) in [6.45, 7) is 8.51. The van der Waals surface area contributed by atoms with Crippen LogP contribution >= 0.6 is 11.3 Å². The van der Waals surface area contributed by atoms with Gasteiger partial charge in [-0.2, -0.15) is 0 Å². The number of amides is 1. The quantitative estimate of drug-likeness (QED) is 0.559. The molecule has 2 aliphatic rings. The van der Waals surface area contributed by atoms with Gasteiger partial charge in [-0.3, -0.25) is 9.59 Å².